The number of aliphatic hydroxyl groups excluding tert-OH is 1. The van der Waals surface area contributed by atoms with Crippen LogP contribution in [0.25, 0.3) is 11.3 Å². The molecule has 6 nitrogen and oxygen atoms in total. The smallest absolute Gasteiger partial charge is 0.138 e. The van der Waals surface area contributed by atoms with Crippen molar-refractivity contribution in [3.63, 3.8) is 0 Å². The molecule has 2 aromatic rings. The van der Waals surface area contributed by atoms with Crippen LogP contribution in [0.1, 0.15) is 123 Å². The zero-order valence-corrected chi connectivity index (χ0v) is 32.2. The lowest BCUT2D eigenvalue weighted by Gasteiger charge is -2.22. The molecule has 4 N–H and O–H groups in total. The third-order valence-corrected chi connectivity index (χ3v) is 8.97. The molecule has 0 saturated heterocycles. The van der Waals surface area contributed by atoms with Crippen molar-refractivity contribution in [3.8, 4) is 0 Å². The second kappa shape index (κ2) is 22.5. The molecule has 1 saturated carbocycles. The van der Waals surface area contributed by atoms with Crippen molar-refractivity contribution in [2.24, 2.45) is 11.7 Å². The van der Waals surface area contributed by atoms with E-state index < -0.39 is 0 Å². The van der Waals surface area contributed by atoms with E-state index in [0.29, 0.717) is 5.03 Å². The molecule has 0 unspecified atom stereocenters. The van der Waals surface area contributed by atoms with Gasteiger partial charge in [-0.15, -0.1) is 12.6 Å². The van der Waals surface area contributed by atoms with Gasteiger partial charge in [0.25, 0.3) is 0 Å². The molecular formula is C41H65N5OS. The minimum absolute atomic E-state index is 0.0972. The molecule has 2 aliphatic carbocycles. The molecule has 0 bridgehead atoms. The molecule has 4 rings (SSSR count). The zero-order valence-electron chi connectivity index (χ0n) is 31.3. The Labute approximate surface area is 298 Å². The van der Waals surface area contributed by atoms with Gasteiger partial charge in [0.15, 0.2) is 0 Å². The first-order chi connectivity index (χ1) is 22.9. The van der Waals surface area contributed by atoms with Crippen LogP contribution >= 0.6 is 12.6 Å². The maximum Gasteiger partial charge on any atom is 0.138 e. The first kappa shape index (κ1) is 42.9. The summed E-state index contributed by atoms with van der Waals surface area (Å²) < 4.78 is 1.96. The summed E-state index contributed by atoms with van der Waals surface area (Å²) in [7, 11) is 0. The molecular weight excluding hydrogens is 611 g/mol. The average Bonchev–Trinajstić information content (AvgIpc) is 3.51. The molecule has 0 radical (unpaired) electrons. The fourth-order valence-electron chi connectivity index (χ4n) is 5.25. The van der Waals surface area contributed by atoms with Gasteiger partial charge in [0, 0.05) is 22.5 Å². The van der Waals surface area contributed by atoms with Crippen LogP contribution in [-0.4, -0.2) is 32.0 Å². The van der Waals surface area contributed by atoms with Crippen LogP contribution in [0.4, 0.5) is 0 Å². The van der Waals surface area contributed by atoms with Crippen LogP contribution < -0.4 is 11.1 Å². The summed E-state index contributed by atoms with van der Waals surface area (Å²) in [6.07, 6.45) is 17.1. The summed E-state index contributed by atoms with van der Waals surface area (Å²) in [5, 5.41) is 16.9. The lowest BCUT2D eigenvalue weighted by Crippen LogP contribution is -2.42. The highest BCUT2D eigenvalue weighted by Gasteiger charge is 2.18. The first-order valence-electron chi connectivity index (χ1n) is 17.9. The molecule has 1 heterocycles. The third-order valence-electron chi connectivity index (χ3n) is 8.86. The van der Waals surface area contributed by atoms with Gasteiger partial charge in [0.2, 0.25) is 0 Å². The van der Waals surface area contributed by atoms with Gasteiger partial charge in [0.05, 0.1) is 11.6 Å². The van der Waals surface area contributed by atoms with Gasteiger partial charge in [-0.05, 0) is 80.6 Å². The van der Waals surface area contributed by atoms with Crippen molar-refractivity contribution >= 4 is 23.9 Å². The van der Waals surface area contributed by atoms with Crippen LogP contribution in [0.15, 0.2) is 89.9 Å². The number of aliphatic hydroxyl groups is 1. The highest BCUT2D eigenvalue weighted by atomic mass is 32.1. The van der Waals surface area contributed by atoms with E-state index in [1.165, 1.54) is 47.2 Å². The van der Waals surface area contributed by atoms with Gasteiger partial charge in [-0.3, -0.25) is 0 Å². The number of allylic oxidation sites excluding steroid dienone is 6. The molecule has 0 amide bonds. The summed E-state index contributed by atoms with van der Waals surface area (Å²) in [6.45, 7) is 28.9. The van der Waals surface area contributed by atoms with Gasteiger partial charge in [-0.1, -0.05) is 129 Å². The molecule has 266 valence electrons. The van der Waals surface area contributed by atoms with Crippen molar-refractivity contribution in [3.05, 3.63) is 107 Å². The highest BCUT2D eigenvalue weighted by Crippen LogP contribution is 2.33. The predicted octanol–water partition coefficient (Wildman–Crippen LogP) is 10.4. The molecule has 1 aromatic carbocycles. The minimum atomic E-state index is -0.319. The third kappa shape index (κ3) is 13.8. The number of thiol groups is 1. The number of benzene rings is 1. The van der Waals surface area contributed by atoms with Gasteiger partial charge in [-0.25, -0.2) is 9.67 Å². The van der Waals surface area contributed by atoms with Crippen molar-refractivity contribution in [2.45, 2.75) is 125 Å². The summed E-state index contributed by atoms with van der Waals surface area (Å²) >= 11 is 4.26. The Morgan fingerprint density at radius 2 is 1.65 bits per heavy atom. The Balaban J connectivity index is 0.000000635. The molecule has 0 spiro atoms. The maximum atomic E-state index is 8.66. The van der Waals surface area contributed by atoms with Crippen LogP contribution in [0, 0.1) is 12.8 Å². The van der Waals surface area contributed by atoms with E-state index in [0.717, 1.165) is 73.5 Å². The molecule has 7 heteroatoms. The summed E-state index contributed by atoms with van der Waals surface area (Å²) in [5.41, 5.74) is 14.3. The lowest BCUT2D eigenvalue weighted by atomic mass is 9.88. The van der Waals surface area contributed by atoms with E-state index in [2.05, 4.69) is 105 Å². The number of aromatic nitrogens is 3. The standard InChI is InChI=1S/C28H34N4S.C6H15NO.C5H10.C2H6/c1-7-10-28(32-21(5)29-18-30-32)27(19(2)3)17-23-13-15-24(16-14-23)26-12-9-8-11-25(26)20(4)31-22(6)33;1-3-6(7,4-2)5-8;1-5-3-2-4-5;1-2/h11-16,18,31,33H,2,4,6-10,17H2,1,3,5H3;8H,3-5,7H2,1-2H3;5H,2-4H2,1H3;1-2H3/b28-27-;;;. The SMILES string of the molecule is C=C(S)NC(=C)C1=CCCC=C1c1ccc(C/C(C(=C)C)=C(\CCC)n2ncnc2C)cc1.CC.CC1CCC1.CCC(N)(CC)CO. The Morgan fingerprint density at radius 3 is 2.04 bits per heavy atom. The van der Waals surface area contributed by atoms with E-state index in [1.807, 2.05) is 39.3 Å². The second-order valence-corrected chi connectivity index (χ2v) is 13.2. The maximum absolute atomic E-state index is 8.66. The van der Waals surface area contributed by atoms with Crippen molar-refractivity contribution < 1.29 is 5.11 Å². The average molecular weight is 676 g/mol. The quantitative estimate of drug-likeness (QED) is 0.125. The number of rotatable bonds is 13. The monoisotopic (exact) mass is 675 g/mol. The fourth-order valence-corrected chi connectivity index (χ4v) is 5.39. The number of aryl methyl sites for hydroxylation is 1. The van der Waals surface area contributed by atoms with E-state index in [4.69, 9.17) is 10.8 Å². The zero-order chi connectivity index (χ0) is 36.3. The lowest BCUT2D eigenvalue weighted by molar-refractivity contribution is 0.187. The molecule has 48 heavy (non-hydrogen) atoms. The number of nitrogens with zero attached hydrogens (tertiary/aromatic N) is 3. The summed E-state index contributed by atoms with van der Waals surface area (Å²) in [5.74, 6) is 1.96. The van der Waals surface area contributed by atoms with Gasteiger partial charge in [-0.2, -0.15) is 5.10 Å². The highest BCUT2D eigenvalue weighted by molar-refractivity contribution is 7.84. The van der Waals surface area contributed by atoms with Gasteiger partial charge >= 0.3 is 0 Å². The number of nitrogens with one attached hydrogen (secondary N) is 1. The summed E-state index contributed by atoms with van der Waals surface area (Å²) in [6, 6.07) is 8.80. The number of nitrogens with two attached hydrogens (primary N) is 1. The van der Waals surface area contributed by atoms with Crippen LogP contribution in [0.5, 0.6) is 0 Å². The normalized spacial score (nSPS) is 14.6. The Bertz CT molecular complexity index is 1380. The first-order valence-corrected chi connectivity index (χ1v) is 18.3. The van der Waals surface area contributed by atoms with Gasteiger partial charge in [0.1, 0.15) is 12.2 Å². The van der Waals surface area contributed by atoms with Crippen molar-refractivity contribution in [1.29, 1.82) is 0 Å². The topological polar surface area (TPSA) is 89.0 Å². The van der Waals surface area contributed by atoms with E-state index in [-0.39, 0.29) is 12.1 Å². The molecule has 1 fully saturated rings. The van der Waals surface area contributed by atoms with Crippen LogP contribution in [0.2, 0.25) is 0 Å². The molecule has 1 aromatic heterocycles. The Kier molecular flexibility index (Phi) is 20.1. The van der Waals surface area contributed by atoms with E-state index in [1.54, 1.807) is 6.33 Å². The molecule has 0 aliphatic heterocycles. The van der Waals surface area contributed by atoms with E-state index in [9.17, 15) is 0 Å². The second-order valence-electron chi connectivity index (χ2n) is 12.7. The predicted molar refractivity (Wildman–Crippen MR) is 212 cm³/mol. The van der Waals surface area contributed by atoms with Crippen LogP contribution in [0.3, 0.4) is 0 Å². The largest absolute Gasteiger partial charge is 0.394 e. The minimum Gasteiger partial charge on any atom is -0.394 e. The molecule has 0 atom stereocenters. The Morgan fingerprint density at radius 1 is 1.06 bits per heavy atom. The van der Waals surface area contributed by atoms with E-state index >= 15 is 0 Å². The van der Waals surface area contributed by atoms with Crippen LogP contribution in [-0.2, 0) is 6.42 Å². The fraction of sp³-hybridized carbons (Fsp3) is 0.512. The van der Waals surface area contributed by atoms with Crippen molar-refractivity contribution in [2.75, 3.05) is 6.61 Å². The molecule has 2 aliphatic rings. The van der Waals surface area contributed by atoms with Crippen molar-refractivity contribution in [1.82, 2.24) is 20.1 Å². The number of hydrogen-bond acceptors (Lipinski definition) is 6. The number of hydrogen-bond donors (Lipinski definition) is 4. The summed E-state index contributed by atoms with van der Waals surface area (Å²) in [4.78, 5) is 4.33. The van der Waals surface area contributed by atoms with Gasteiger partial charge < -0.3 is 16.2 Å². The Hall–Kier alpha value is -3.13.